The number of rotatable bonds is 4. The Morgan fingerprint density at radius 2 is 2.07 bits per heavy atom. The van der Waals surface area contributed by atoms with Crippen LogP contribution in [0, 0.1) is 6.92 Å². The van der Waals surface area contributed by atoms with Gasteiger partial charge >= 0.3 is 0 Å². The minimum absolute atomic E-state index is 0.844. The Labute approximate surface area is 90.5 Å². The second-order valence-corrected chi connectivity index (χ2v) is 4.50. The normalized spacial score (nSPS) is 10.2. The van der Waals surface area contributed by atoms with E-state index in [4.69, 9.17) is 5.73 Å². The SMILES string of the molecule is CSCCN(C)c1cc(C)cc(N)c1. The smallest absolute Gasteiger partial charge is 0.0387 e. The van der Waals surface area contributed by atoms with Crippen LogP contribution in [-0.4, -0.2) is 25.6 Å². The molecule has 0 saturated carbocycles. The van der Waals surface area contributed by atoms with Crippen LogP contribution >= 0.6 is 11.8 Å². The molecular formula is C11H18N2S. The second-order valence-electron chi connectivity index (χ2n) is 3.52. The molecule has 0 atom stereocenters. The van der Waals surface area contributed by atoms with Crippen molar-refractivity contribution in [3.63, 3.8) is 0 Å². The number of hydrogen-bond acceptors (Lipinski definition) is 3. The van der Waals surface area contributed by atoms with Gasteiger partial charge in [-0.1, -0.05) is 0 Å². The van der Waals surface area contributed by atoms with Gasteiger partial charge in [-0.05, 0) is 36.9 Å². The van der Waals surface area contributed by atoms with Gasteiger partial charge in [-0.25, -0.2) is 0 Å². The van der Waals surface area contributed by atoms with Crippen molar-refractivity contribution in [2.45, 2.75) is 6.92 Å². The first-order chi connectivity index (χ1) is 6.63. The maximum absolute atomic E-state index is 5.79. The van der Waals surface area contributed by atoms with E-state index in [9.17, 15) is 0 Å². The van der Waals surface area contributed by atoms with Gasteiger partial charge in [-0.15, -0.1) is 0 Å². The fourth-order valence-electron chi connectivity index (χ4n) is 1.37. The van der Waals surface area contributed by atoms with E-state index in [2.05, 4.69) is 31.2 Å². The molecule has 0 aliphatic heterocycles. The molecule has 78 valence electrons. The zero-order valence-corrected chi connectivity index (χ0v) is 9.90. The molecule has 0 amide bonds. The van der Waals surface area contributed by atoms with Crippen LogP contribution in [0.2, 0.25) is 0 Å². The quantitative estimate of drug-likeness (QED) is 0.774. The van der Waals surface area contributed by atoms with Gasteiger partial charge in [0.25, 0.3) is 0 Å². The van der Waals surface area contributed by atoms with E-state index in [1.807, 2.05) is 23.9 Å². The van der Waals surface area contributed by atoms with Crippen molar-refractivity contribution in [1.29, 1.82) is 0 Å². The highest BCUT2D eigenvalue weighted by atomic mass is 32.2. The molecule has 0 radical (unpaired) electrons. The first-order valence-corrected chi connectivity index (χ1v) is 6.10. The summed E-state index contributed by atoms with van der Waals surface area (Å²) in [5.41, 5.74) is 9.06. The molecule has 1 rings (SSSR count). The third-order valence-corrected chi connectivity index (χ3v) is 2.75. The lowest BCUT2D eigenvalue weighted by atomic mass is 10.2. The number of thioether (sulfide) groups is 1. The van der Waals surface area contributed by atoms with Gasteiger partial charge in [-0.3, -0.25) is 0 Å². The summed E-state index contributed by atoms with van der Waals surface area (Å²) in [6.45, 7) is 3.13. The molecule has 0 heterocycles. The summed E-state index contributed by atoms with van der Waals surface area (Å²) in [6.07, 6.45) is 2.12. The Bertz CT molecular complexity index is 279. The monoisotopic (exact) mass is 210 g/mol. The Hall–Kier alpha value is -0.830. The summed E-state index contributed by atoms with van der Waals surface area (Å²) in [7, 11) is 2.10. The fraction of sp³-hybridized carbons (Fsp3) is 0.455. The molecule has 0 aliphatic carbocycles. The Morgan fingerprint density at radius 3 is 2.64 bits per heavy atom. The molecule has 1 aromatic carbocycles. The third-order valence-electron chi connectivity index (χ3n) is 2.16. The minimum atomic E-state index is 0.844. The van der Waals surface area contributed by atoms with E-state index in [1.54, 1.807) is 0 Å². The Kier molecular flexibility index (Phi) is 4.14. The third kappa shape index (κ3) is 3.14. The molecular weight excluding hydrogens is 192 g/mol. The van der Waals surface area contributed by atoms with Gasteiger partial charge in [0.15, 0.2) is 0 Å². The maximum Gasteiger partial charge on any atom is 0.0387 e. The standard InChI is InChI=1S/C11H18N2S/c1-9-6-10(12)8-11(7-9)13(2)4-5-14-3/h6-8H,4-5,12H2,1-3H3. The summed E-state index contributed by atoms with van der Waals surface area (Å²) in [6, 6.07) is 6.18. The highest BCUT2D eigenvalue weighted by Crippen LogP contribution is 2.19. The molecule has 0 aliphatic rings. The summed E-state index contributed by atoms with van der Waals surface area (Å²) in [5, 5.41) is 0. The van der Waals surface area contributed by atoms with E-state index in [1.165, 1.54) is 11.3 Å². The number of nitrogens with zero attached hydrogens (tertiary/aromatic N) is 1. The van der Waals surface area contributed by atoms with Crippen LogP contribution in [0.1, 0.15) is 5.56 Å². The van der Waals surface area contributed by atoms with Gasteiger partial charge < -0.3 is 10.6 Å². The van der Waals surface area contributed by atoms with Crippen LogP contribution in [0.3, 0.4) is 0 Å². The van der Waals surface area contributed by atoms with Crippen molar-refractivity contribution in [1.82, 2.24) is 0 Å². The van der Waals surface area contributed by atoms with Crippen molar-refractivity contribution in [2.24, 2.45) is 0 Å². The molecule has 0 spiro atoms. The van der Waals surface area contributed by atoms with E-state index >= 15 is 0 Å². The van der Waals surface area contributed by atoms with E-state index in [0.29, 0.717) is 0 Å². The van der Waals surface area contributed by atoms with Crippen LogP contribution < -0.4 is 10.6 Å². The largest absolute Gasteiger partial charge is 0.399 e. The predicted octanol–water partition coefficient (Wildman–Crippen LogP) is 2.38. The van der Waals surface area contributed by atoms with Crippen LogP contribution in [-0.2, 0) is 0 Å². The Balaban J connectivity index is 2.73. The lowest BCUT2D eigenvalue weighted by molar-refractivity contribution is 0.977. The molecule has 0 bridgehead atoms. The first kappa shape index (κ1) is 11.2. The van der Waals surface area contributed by atoms with E-state index in [-0.39, 0.29) is 0 Å². The van der Waals surface area contributed by atoms with Crippen molar-refractivity contribution < 1.29 is 0 Å². The van der Waals surface area contributed by atoms with E-state index in [0.717, 1.165) is 18.0 Å². The predicted molar refractivity (Wildman–Crippen MR) is 67.2 cm³/mol. The number of nitrogens with two attached hydrogens (primary N) is 1. The first-order valence-electron chi connectivity index (χ1n) is 4.70. The van der Waals surface area contributed by atoms with Gasteiger partial charge in [-0.2, -0.15) is 11.8 Å². The second kappa shape index (κ2) is 5.15. The van der Waals surface area contributed by atoms with Crippen molar-refractivity contribution in [3.8, 4) is 0 Å². The van der Waals surface area contributed by atoms with Crippen LogP contribution in [0.5, 0.6) is 0 Å². The molecule has 0 saturated heterocycles. The number of anilines is 2. The van der Waals surface area contributed by atoms with Gasteiger partial charge in [0.1, 0.15) is 0 Å². The number of nitrogen functional groups attached to an aromatic ring is 1. The van der Waals surface area contributed by atoms with Crippen LogP contribution in [0.4, 0.5) is 11.4 Å². The van der Waals surface area contributed by atoms with Crippen molar-refractivity contribution in [3.05, 3.63) is 23.8 Å². The van der Waals surface area contributed by atoms with Crippen molar-refractivity contribution in [2.75, 3.05) is 36.2 Å². The summed E-state index contributed by atoms with van der Waals surface area (Å²) < 4.78 is 0. The fourth-order valence-corrected chi connectivity index (χ4v) is 1.83. The van der Waals surface area contributed by atoms with Crippen LogP contribution in [0.15, 0.2) is 18.2 Å². The number of benzene rings is 1. The minimum Gasteiger partial charge on any atom is -0.399 e. The molecule has 3 heteroatoms. The lowest BCUT2D eigenvalue weighted by Gasteiger charge is -2.19. The average molecular weight is 210 g/mol. The molecule has 0 aromatic heterocycles. The average Bonchev–Trinajstić information content (AvgIpc) is 2.12. The zero-order chi connectivity index (χ0) is 10.6. The zero-order valence-electron chi connectivity index (χ0n) is 9.08. The summed E-state index contributed by atoms with van der Waals surface area (Å²) in [4.78, 5) is 2.24. The molecule has 2 nitrogen and oxygen atoms in total. The molecule has 0 fully saturated rings. The van der Waals surface area contributed by atoms with Gasteiger partial charge in [0.05, 0.1) is 0 Å². The summed E-state index contributed by atoms with van der Waals surface area (Å²) in [5.74, 6) is 1.14. The van der Waals surface area contributed by atoms with Gasteiger partial charge in [0, 0.05) is 30.7 Å². The highest BCUT2D eigenvalue weighted by Gasteiger charge is 2.01. The molecule has 0 unspecified atom stereocenters. The lowest BCUT2D eigenvalue weighted by Crippen LogP contribution is -2.20. The molecule has 2 N–H and O–H groups in total. The highest BCUT2D eigenvalue weighted by molar-refractivity contribution is 7.98. The Morgan fingerprint density at radius 1 is 1.36 bits per heavy atom. The number of hydrogen-bond donors (Lipinski definition) is 1. The van der Waals surface area contributed by atoms with Gasteiger partial charge in [0.2, 0.25) is 0 Å². The van der Waals surface area contributed by atoms with E-state index < -0.39 is 0 Å². The molecule has 1 aromatic rings. The van der Waals surface area contributed by atoms with Crippen molar-refractivity contribution >= 4 is 23.1 Å². The van der Waals surface area contributed by atoms with Crippen LogP contribution in [0.25, 0.3) is 0 Å². The number of aryl methyl sites for hydroxylation is 1. The summed E-state index contributed by atoms with van der Waals surface area (Å²) >= 11 is 1.86. The molecule has 14 heavy (non-hydrogen) atoms. The maximum atomic E-state index is 5.79. The topological polar surface area (TPSA) is 29.3 Å².